The molecule has 3 amide bonds. The fraction of sp³-hybridized carbons (Fsp3) is 0.524. The first-order chi connectivity index (χ1) is 16.0. The number of benzene rings is 1. The molecule has 4 rings (SSSR count). The van der Waals surface area contributed by atoms with Gasteiger partial charge in [0.15, 0.2) is 11.6 Å². The third kappa shape index (κ3) is 6.23. The summed E-state index contributed by atoms with van der Waals surface area (Å²) in [4.78, 5) is 32.1. The van der Waals surface area contributed by atoms with Gasteiger partial charge in [0.2, 0.25) is 5.89 Å². The van der Waals surface area contributed by atoms with Gasteiger partial charge in [-0.1, -0.05) is 11.2 Å². The van der Waals surface area contributed by atoms with E-state index in [0.29, 0.717) is 44.9 Å². The Labute approximate surface area is 189 Å². The number of hydrogen-bond donors (Lipinski definition) is 2. The summed E-state index contributed by atoms with van der Waals surface area (Å²) in [7, 11) is 0. The minimum absolute atomic E-state index is 0.00848. The van der Waals surface area contributed by atoms with Gasteiger partial charge >= 0.3 is 6.03 Å². The summed E-state index contributed by atoms with van der Waals surface area (Å²) in [6.45, 7) is 3.73. The van der Waals surface area contributed by atoms with Gasteiger partial charge in [-0.25, -0.2) is 13.6 Å². The van der Waals surface area contributed by atoms with E-state index in [1.165, 1.54) is 6.07 Å². The number of nitrogens with one attached hydrogen (secondary N) is 2. The molecule has 0 unspecified atom stereocenters. The normalized spacial score (nSPS) is 19.0. The van der Waals surface area contributed by atoms with Gasteiger partial charge in [0.25, 0.3) is 11.7 Å². The number of carbonyl (C=O) groups is 2. The SMILES string of the molecule is O=C(NCc1nc(C(=O)N2CCCC2)no1)NC[C@H]1CN(Cc2ccc(F)c(F)c2)CCO1. The lowest BCUT2D eigenvalue weighted by Gasteiger charge is -2.33. The number of ether oxygens (including phenoxy) is 1. The second-order valence-electron chi connectivity index (χ2n) is 8.05. The van der Waals surface area contributed by atoms with E-state index in [0.717, 1.165) is 18.9 Å². The molecule has 0 spiro atoms. The van der Waals surface area contributed by atoms with Gasteiger partial charge in [-0.15, -0.1) is 0 Å². The van der Waals surface area contributed by atoms with E-state index in [1.807, 2.05) is 0 Å². The molecule has 10 nitrogen and oxygen atoms in total. The molecule has 0 bridgehead atoms. The molecule has 2 fully saturated rings. The number of rotatable bonds is 7. The van der Waals surface area contributed by atoms with Gasteiger partial charge in [-0.2, -0.15) is 4.98 Å². The van der Waals surface area contributed by atoms with Gasteiger partial charge in [0.1, 0.15) is 0 Å². The fourth-order valence-electron chi connectivity index (χ4n) is 3.84. The van der Waals surface area contributed by atoms with Crippen molar-refractivity contribution in [3.05, 3.63) is 47.1 Å². The molecule has 1 atom stereocenters. The lowest BCUT2D eigenvalue weighted by atomic mass is 10.1. The first-order valence-electron chi connectivity index (χ1n) is 10.9. The monoisotopic (exact) mass is 464 g/mol. The lowest BCUT2D eigenvalue weighted by Crippen LogP contribution is -2.48. The Balaban J connectivity index is 1.18. The zero-order valence-electron chi connectivity index (χ0n) is 18.1. The maximum Gasteiger partial charge on any atom is 0.315 e. The number of likely N-dealkylation sites (tertiary alicyclic amines) is 1. The number of morpholine rings is 1. The van der Waals surface area contributed by atoms with Crippen molar-refractivity contribution in [1.82, 2.24) is 30.6 Å². The van der Waals surface area contributed by atoms with Crippen LogP contribution in [-0.4, -0.2) is 77.3 Å². The number of hydrogen-bond acceptors (Lipinski definition) is 7. The van der Waals surface area contributed by atoms with Crippen molar-refractivity contribution >= 4 is 11.9 Å². The highest BCUT2D eigenvalue weighted by Gasteiger charge is 2.24. The van der Waals surface area contributed by atoms with Crippen molar-refractivity contribution in [2.24, 2.45) is 0 Å². The van der Waals surface area contributed by atoms with Gasteiger partial charge < -0.3 is 24.8 Å². The van der Waals surface area contributed by atoms with Crippen LogP contribution < -0.4 is 10.6 Å². The smallest absolute Gasteiger partial charge is 0.315 e. The number of amides is 3. The van der Waals surface area contributed by atoms with Crippen LogP contribution in [0.3, 0.4) is 0 Å². The lowest BCUT2D eigenvalue weighted by molar-refractivity contribution is -0.0287. The van der Waals surface area contributed by atoms with Crippen LogP contribution in [0.1, 0.15) is 34.9 Å². The van der Waals surface area contributed by atoms with Gasteiger partial charge in [0.05, 0.1) is 19.3 Å². The summed E-state index contributed by atoms with van der Waals surface area (Å²) in [5.41, 5.74) is 0.669. The Morgan fingerprint density at radius 2 is 1.94 bits per heavy atom. The topological polar surface area (TPSA) is 113 Å². The second-order valence-corrected chi connectivity index (χ2v) is 8.05. The van der Waals surface area contributed by atoms with E-state index in [9.17, 15) is 18.4 Å². The van der Waals surface area contributed by atoms with E-state index >= 15 is 0 Å². The van der Waals surface area contributed by atoms with Crippen LogP contribution in [0.5, 0.6) is 0 Å². The molecule has 3 heterocycles. The predicted molar refractivity (Wildman–Crippen MR) is 111 cm³/mol. The molecule has 178 valence electrons. The first kappa shape index (κ1) is 23.1. The third-order valence-corrected chi connectivity index (χ3v) is 5.56. The second kappa shape index (κ2) is 10.7. The summed E-state index contributed by atoms with van der Waals surface area (Å²) in [5, 5.41) is 9.02. The summed E-state index contributed by atoms with van der Waals surface area (Å²) < 4.78 is 37.2. The summed E-state index contributed by atoms with van der Waals surface area (Å²) >= 11 is 0. The zero-order chi connectivity index (χ0) is 23.2. The first-order valence-corrected chi connectivity index (χ1v) is 10.9. The minimum Gasteiger partial charge on any atom is -0.374 e. The van der Waals surface area contributed by atoms with Crippen molar-refractivity contribution in [1.29, 1.82) is 0 Å². The molecule has 12 heteroatoms. The highest BCUT2D eigenvalue weighted by Crippen LogP contribution is 2.14. The quantitative estimate of drug-likeness (QED) is 0.635. The summed E-state index contributed by atoms with van der Waals surface area (Å²) in [6.07, 6.45) is 1.68. The van der Waals surface area contributed by atoms with Crippen LogP contribution in [0.4, 0.5) is 13.6 Å². The molecule has 0 radical (unpaired) electrons. The maximum absolute atomic E-state index is 13.4. The largest absolute Gasteiger partial charge is 0.374 e. The number of nitrogens with zero attached hydrogens (tertiary/aromatic N) is 4. The molecule has 2 saturated heterocycles. The molecule has 1 aromatic heterocycles. The van der Waals surface area contributed by atoms with E-state index in [-0.39, 0.29) is 36.8 Å². The number of carbonyl (C=O) groups excluding carboxylic acids is 2. The maximum atomic E-state index is 13.4. The van der Waals surface area contributed by atoms with E-state index in [2.05, 4.69) is 25.7 Å². The van der Waals surface area contributed by atoms with Crippen molar-refractivity contribution in [2.45, 2.75) is 32.0 Å². The molecule has 2 aliphatic heterocycles. The predicted octanol–water partition coefficient (Wildman–Crippen LogP) is 1.28. The van der Waals surface area contributed by atoms with Crippen LogP contribution in [0, 0.1) is 11.6 Å². The van der Waals surface area contributed by atoms with Gasteiger partial charge in [-0.05, 0) is 30.5 Å². The van der Waals surface area contributed by atoms with Crippen LogP contribution in [0.2, 0.25) is 0 Å². The van der Waals surface area contributed by atoms with Gasteiger partial charge in [0, 0.05) is 39.3 Å². The van der Waals surface area contributed by atoms with Crippen LogP contribution in [-0.2, 0) is 17.8 Å². The van der Waals surface area contributed by atoms with Crippen molar-refractivity contribution in [2.75, 3.05) is 39.3 Å². The van der Waals surface area contributed by atoms with Crippen LogP contribution >= 0.6 is 0 Å². The average Bonchev–Trinajstić information content (AvgIpc) is 3.51. The Bertz CT molecular complexity index is 981. The molecule has 1 aromatic carbocycles. The molecular weight excluding hydrogens is 438 g/mol. The zero-order valence-corrected chi connectivity index (χ0v) is 18.1. The molecule has 33 heavy (non-hydrogen) atoms. The number of aromatic nitrogens is 2. The molecule has 2 aliphatic rings. The van der Waals surface area contributed by atoms with E-state index < -0.39 is 17.7 Å². The van der Waals surface area contributed by atoms with Crippen molar-refractivity contribution < 1.29 is 27.6 Å². The standard InChI is InChI=1S/C21H26F2N6O4/c22-16-4-3-14(9-17(16)23)12-28-7-8-32-15(13-28)10-24-21(31)25-11-18-26-19(27-33-18)20(30)29-5-1-2-6-29/h3-4,9,15H,1-2,5-8,10-13H2,(H2,24,25,31)/t15-/m0/s1. The molecule has 0 saturated carbocycles. The minimum atomic E-state index is -0.872. The number of halogens is 2. The molecular formula is C21H26F2N6O4. The Hall–Kier alpha value is -3.12. The van der Waals surface area contributed by atoms with Crippen LogP contribution in [0.15, 0.2) is 22.7 Å². The molecule has 0 aliphatic carbocycles. The summed E-state index contributed by atoms with van der Waals surface area (Å²) in [6, 6.07) is 3.41. The fourth-order valence-corrected chi connectivity index (χ4v) is 3.84. The van der Waals surface area contributed by atoms with E-state index in [4.69, 9.17) is 9.26 Å². The Kier molecular flexibility index (Phi) is 7.45. The highest BCUT2D eigenvalue weighted by molar-refractivity contribution is 5.90. The third-order valence-electron chi connectivity index (χ3n) is 5.56. The molecule has 2 aromatic rings. The van der Waals surface area contributed by atoms with Crippen LogP contribution in [0.25, 0.3) is 0 Å². The number of urea groups is 1. The average molecular weight is 464 g/mol. The van der Waals surface area contributed by atoms with E-state index in [1.54, 1.807) is 11.0 Å². The highest BCUT2D eigenvalue weighted by atomic mass is 19.2. The Morgan fingerprint density at radius 1 is 1.12 bits per heavy atom. The Morgan fingerprint density at radius 3 is 2.73 bits per heavy atom. The van der Waals surface area contributed by atoms with Gasteiger partial charge in [-0.3, -0.25) is 9.69 Å². The van der Waals surface area contributed by atoms with Crippen molar-refractivity contribution in [3.8, 4) is 0 Å². The molecule has 2 N–H and O–H groups in total. The summed E-state index contributed by atoms with van der Waals surface area (Å²) in [5.74, 6) is -1.88. The van der Waals surface area contributed by atoms with Crippen molar-refractivity contribution in [3.63, 3.8) is 0 Å².